The van der Waals surface area contributed by atoms with Crippen molar-refractivity contribution in [2.24, 2.45) is 0 Å². The molecule has 0 bridgehead atoms. The summed E-state index contributed by atoms with van der Waals surface area (Å²) >= 11 is 4.43. The van der Waals surface area contributed by atoms with Gasteiger partial charge in [0.2, 0.25) is 0 Å². The Kier molecular flexibility index (Phi) is 5.15. The smallest absolute Gasteiger partial charge is 0.316 e. The number of carboxylic acid groups (broad SMARTS) is 1. The summed E-state index contributed by atoms with van der Waals surface area (Å²) in [7, 11) is 0. The van der Waals surface area contributed by atoms with Crippen LogP contribution in [-0.2, 0) is 4.79 Å². The number of hydrogen-bond donors (Lipinski definition) is 1. The van der Waals surface area contributed by atoms with E-state index in [9.17, 15) is 14.9 Å². The Bertz CT molecular complexity index is 492. The maximum absolute atomic E-state index is 11.0. The Hall–Kier alpha value is -1.08. The van der Waals surface area contributed by atoms with E-state index in [2.05, 4.69) is 15.9 Å². The van der Waals surface area contributed by atoms with Crippen molar-refractivity contribution < 1.29 is 14.8 Å². The minimum absolute atomic E-state index is 0.0228. The van der Waals surface area contributed by atoms with Gasteiger partial charge < -0.3 is 5.11 Å². The lowest BCUT2D eigenvalue weighted by molar-refractivity contribution is -0.385. The van der Waals surface area contributed by atoms with Crippen LogP contribution in [0.5, 0.6) is 0 Å². The van der Waals surface area contributed by atoms with E-state index in [0.29, 0.717) is 21.4 Å². The van der Waals surface area contributed by atoms with E-state index in [1.807, 2.05) is 0 Å². The molecule has 0 aromatic heterocycles. The normalized spacial score (nSPS) is 12.2. The Balaban J connectivity index is 3.08. The highest BCUT2D eigenvalue weighted by molar-refractivity contribution is 9.10. The van der Waals surface area contributed by atoms with Crippen molar-refractivity contribution in [3.8, 4) is 0 Å². The first-order chi connectivity index (χ1) is 8.36. The average molecular weight is 334 g/mol. The molecule has 1 rings (SSSR count). The molecule has 18 heavy (non-hydrogen) atoms. The van der Waals surface area contributed by atoms with E-state index in [1.165, 1.54) is 17.8 Å². The minimum atomic E-state index is -0.884. The molecule has 0 amide bonds. The summed E-state index contributed by atoms with van der Waals surface area (Å²) < 4.78 is 0.546. The monoisotopic (exact) mass is 333 g/mol. The standard InChI is InChI=1S/C11H12BrNO4S/c1-3-9(11(14)15)18-10-4-6(2)8(13(16)17)5-7(10)12/h4-5,9H,3H2,1-2H3,(H,14,15). The minimum Gasteiger partial charge on any atom is -0.480 e. The van der Waals surface area contributed by atoms with E-state index in [4.69, 9.17) is 5.11 Å². The second kappa shape index (κ2) is 6.19. The summed E-state index contributed by atoms with van der Waals surface area (Å²) in [6.07, 6.45) is 0.489. The van der Waals surface area contributed by atoms with Crippen molar-refractivity contribution in [1.29, 1.82) is 0 Å². The van der Waals surface area contributed by atoms with Gasteiger partial charge in [-0.2, -0.15) is 0 Å². The number of nitro groups is 1. The highest BCUT2D eigenvalue weighted by atomic mass is 79.9. The Morgan fingerprint density at radius 3 is 2.67 bits per heavy atom. The van der Waals surface area contributed by atoms with Crippen LogP contribution in [0.4, 0.5) is 5.69 Å². The summed E-state index contributed by atoms with van der Waals surface area (Å²) in [5.74, 6) is -0.884. The predicted octanol–water partition coefficient (Wildman–Crippen LogP) is 3.62. The zero-order valence-electron chi connectivity index (χ0n) is 9.84. The molecule has 0 heterocycles. The molecule has 7 heteroatoms. The van der Waals surface area contributed by atoms with Gasteiger partial charge in [-0.25, -0.2) is 0 Å². The van der Waals surface area contributed by atoms with Gasteiger partial charge in [-0.3, -0.25) is 14.9 Å². The lowest BCUT2D eigenvalue weighted by atomic mass is 10.2. The van der Waals surface area contributed by atoms with Gasteiger partial charge in [-0.15, -0.1) is 11.8 Å². The first-order valence-corrected chi connectivity index (χ1v) is 6.88. The zero-order valence-corrected chi connectivity index (χ0v) is 12.2. The van der Waals surface area contributed by atoms with E-state index >= 15 is 0 Å². The van der Waals surface area contributed by atoms with Gasteiger partial charge >= 0.3 is 5.97 Å². The molecule has 1 atom stereocenters. The molecule has 1 unspecified atom stereocenters. The van der Waals surface area contributed by atoms with Gasteiger partial charge in [0, 0.05) is 21.0 Å². The number of carbonyl (C=O) groups is 1. The molecule has 1 aromatic rings. The number of thioether (sulfide) groups is 1. The van der Waals surface area contributed by atoms with Crippen molar-refractivity contribution >= 4 is 39.3 Å². The molecule has 0 aliphatic rings. The van der Waals surface area contributed by atoms with Crippen molar-refractivity contribution in [1.82, 2.24) is 0 Å². The number of hydrogen-bond acceptors (Lipinski definition) is 4. The molecule has 0 aliphatic heterocycles. The van der Waals surface area contributed by atoms with Crippen molar-refractivity contribution in [3.05, 3.63) is 32.3 Å². The SMILES string of the molecule is CCC(Sc1cc(C)c([N+](=O)[O-])cc1Br)C(=O)O. The van der Waals surface area contributed by atoms with Gasteiger partial charge in [0.1, 0.15) is 5.25 Å². The summed E-state index contributed by atoms with van der Waals surface area (Å²) in [6.45, 7) is 3.42. The molecule has 1 N–H and O–H groups in total. The molecular weight excluding hydrogens is 322 g/mol. The quantitative estimate of drug-likeness (QED) is 0.505. The molecule has 98 valence electrons. The predicted molar refractivity (Wildman–Crippen MR) is 73.1 cm³/mol. The molecular formula is C11H12BrNO4S. The molecule has 0 saturated heterocycles. The van der Waals surface area contributed by atoms with Crippen molar-refractivity contribution in [3.63, 3.8) is 0 Å². The highest BCUT2D eigenvalue weighted by Gasteiger charge is 2.20. The van der Waals surface area contributed by atoms with Gasteiger partial charge in [-0.1, -0.05) is 6.92 Å². The average Bonchev–Trinajstić information content (AvgIpc) is 2.28. The summed E-state index contributed by atoms with van der Waals surface area (Å²) in [4.78, 5) is 22.0. The van der Waals surface area contributed by atoms with Crippen LogP contribution in [0.2, 0.25) is 0 Å². The summed E-state index contributed by atoms with van der Waals surface area (Å²) in [5.41, 5.74) is 0.542. The maximum atomic E-state index is 11.0. The zero-order chi connectivity index (χ0) is 13.9. The topological polar surface area (TPSA) is 80.4 Å². The number of rotatable bonds is 5. The molecule has 0 fully saturated rings. The van der Waals surface area contributed by atoms with E-state index in [-0.39, 0.29) is 5.69 Å². The van der Waals surface area contributed by atoms with Gasteiger partial charge in [0.15, 0.2) is 0 Å². The summed E-state index contributed by atoms with van der Waals surface area (Å²) in [6, 6.07) is 3.05. The fourth-order valence-electron chi connectivity index (χ4n) is 1.39. The van der Waals surface area contributed by atoms with Crippen LogP contribution in [0.1, 0.15) is 18.9 Å². The van der Waals surface area contributed by atoms with Crippen molar-refractivity contribution in [2.45, 2.75) is 30.4 Å². The Labute approximate surface area is 117 Å². The molecule has 1 aromatic carbocycles. The number of benzene rings is 1. The first kappa shape index (κ1) is 15.0. The molecule has 0 saturated carbocycles. The van der Waals surface area contributed by atoms with Gasteiger partial charge in [0.05, 0.1) is 4.92 Å². The number of carboxylic acids is 1. The third-order valence-corrected chi connectivity index (χ3v) is 4.69. The lowest BCUT2D eigenvalue weighted by Gasteiger charge is -2.11. The van der Waals surface area contributed by atoms with Crippen molar-refractivity contribution in [2.75, 3.05) is 0 Å². The first-order valence-electron chi connectivity index (χ1n) is 5.20. The lowest BCUT2D eigenvalue weighted by Crippen LogP contribution is -2.14. The van der Waals surface area contributed by atoms with Gasteiger partial charge in [0.25, 0.3) is 5.69 Å². The van der Waals surface area contributed by atoms with Crippen LogP contribution in [0, 0.1) is 17.0 Å². The fraction of sp³-hybridized carbons (Fsp3) is 0.364. The van der Waals surface area contributed by atoms with E-state index < -0.39 is 16.1 Å². The summed E-state index contributed by atoms with van der Waals surface area (Å²) in [5, 5.41) is 19.2. The number of halogens is 1. The number of nitro benzene ring substituents is 1. The van der Waals surface area contributed by atoms with Crippen LogP contribution < -0.4 is 0 Å². The molecule has 0 radical (unpaired) electrons. The van der Waals surface area contributed by atoms with Crippen LogP contribution >= 0.6 is 27.7 Å². The van der Waals surface area contributed by atoms with Crippen LogP contribution in [0.25, 0.3) is 0 Å². The maximum Gasteiger partial charge on any atom is 0.316 e. The highest BCUT2D eigenvalue weighted by Crippen LogP contribution is 2.36. The number of aliphatic carboxylic acids is 1. The second-order valence-corrected chi connectivity index (χ2v) is 5.78. The molecule has 0 aliphatic carbocycles. The Morgan fingerprint density at radius 1 is 1.61 bits per heavy atom. The van der Waals surface area contributed by atoms with E-state index in [0.717, 1.165) is 0 Å². The number of aryl methyl sites for hydroxylation is 1. The van der Waals surface area contributed by atoms with E-state index in [1.54, 1.807) is 19.9 Å². The van der Waals surface area contributed by atoms with Crippen LogP contribution in [0.15, 0.2) is 21.5 Å². The second-order valence-electron chi connectivity index (χ2n) is 3.68. The van der Waals surface area contributed by atoms with Crippen LogP contribution in [-0.4, -0.2) is 21.2 Å². The Morgan fingerprint density at radius 2 is 2.22 bits per heavy atom. The largest absolute Gasteiger partial charge is 0.480 e. The third kappa shape index (κ3) is 3.46. The third-order valence-electron chi connectivity index (χ3n) is 2.36. The number of nitrogens with zero attached hydrogens (tertiary/aromatic N) is 1. The molecule has 5 nitrogen and oxygen atoms in total. The van der Waals surface area contributed by atoms with Gasteiger partial charge in [-0.05, 0) is 35.3 Å². The molecule has 0 spiro atoms. The fourth-order valence-corrected chi connectivity index (χ4v) is 3.00. The van der Waals surface area contributed by atoms with Crippen LogP contribution in [0.3, 0.4) is 0 Å².